The minimum Gasteiger partial charge on any atom is -0.484 e. The maximum atomic E-state index is 12.6. The van der Waals surface area contributed by atoms with E-state index in [9.17, 15) is 9.59 Å². The van der Waals surface area contributed by atoms with Gasteiger partial charge in [-0.05, 0) is 82.0 Å². The lowest BCUT2D eigenvalue weighted by molar-refractivity contribution is -0.139. The molecule has 1 saturated heterocycles. The first-order valence-corrected chi connectivity index (χ1v) is 10.1. The lowest BCUT2D eigenvalue weighted by Gasteiger charge is -2.38. The molecule has 2 unspecified atom stereocenters. The van der Waals surface area contributed by atoms with Gasteiger partial charge in [-0.3, -0.25) is 9.59 Å². The molecule has 1 aliphatic heterocycles. The number of ether oxygens (including phenoxy) is 1. The molecule has 3 N–H and O–H groups in total. The molecular formula is C23H30ClN3O3. The Morgan fingerprint density at radius 3 is 2.37 bits per heavy atom. The van der Waals surface area contributed by atoms with Crippen LogP contribution in [0.1, 0.15) is 49.0 Å². The number of benzene rings is 2. The van der Waals surface area contributed by atoms with E-state index in [1.165, 1.54) is 0 Å². The van der Waals surface area contributed by atoms with Crippen molar-refractivity contribution in [2.75, 3.05) is 17.7 Å². The van der Waals surface area contributed by atoms with Crippen molar-refractivity contribution in [3.8, 4) is 5.75 Å². The largest absolute Gasteiger partial charge is 0.484 e. The minimum absolute atomic E-state index is 0. The van der Waals surface area contributed by atoms with Gasteiger partial charge in [-0.1, -0.05) is 6.07 Å². The SMILES string of the molecule is Cc1ccc(N)cc1NC(=O)c1ccc(OCC(=O)N2C(C)CCCC2C)cc1.Cl. The van der Waals surface area contributed by atoms with E-state index in [1.54, 1.807) is 36.4 Å². The number of amides is 2. The highest BCUT2D eigenvalue weighted by molar-refractivity contribution is 6.04. The van der Waals surface area contributed by atoms with E-state index in [0.29, 0.717) is 22.7 Å². The molecule has 1 aliphatic rings. The Kier molecular flexibility index (Phi) is 8.12. The fourth-order valence-corrected chi connectivity index (χ4v) is 3.80. The summed E-state index contributed by atoms with van der Waals surface area (Å²) in [6.07, 6.45) is 3.23. The number of nitrogens with two attached hydrogens (primary N) is 1. The van der Waals surface area contributed by atoms with Crippen LogP contribution in [0.15, 0.2) is 42.5 Å². The number of likely N-dealkylation sites (tertiary alicyclic amines) is 1. The number of carbonyl (C=O) groups is 2. The maximum absolute atomic E-state index is 12.6. The number of aryl methyl sites for hydroxylation is 1. The Labute approximate surface area is 184 Å². The first kappa shape index (κ1) is 23.5. The average molecular weight is 432 g/mol. The van der Waals surface area contributed by atoms with E-state index in [4.69, 9.17) is 10.5 Å². The van der Waals surface area contributed by atoms with Gasteiger partial charge >= 0.3 is 0 Å². The van der Waals surface area contributed by atoms with Crippen molar-refractivity contribution in [1.82, 2.24) is 4.90 Å². The smallest absolute Gasteiger partial charge is 0.260 e. The second kappa shape index (κ2) is 10.3. The molecule has 1 fully saturated rings. The van der Waals surface area contributed by atoms with Crippen LogP contribution in [0.4, 0.5) is 11.4 Å². The van der Waals surface area contributed by atoms with Gasteiger partial charge in [0.15, 0.2) is 6.61 Å². The molecule has 2 aromatic carbocycles. The molecule has 6 nitrogen and oxygen atoms in total. The summed E-state index contributed by atoms with van der Waals surface area (Å²) in [6, 6.07) is 12.7. The topological polar surface area (TPSA) is 84.7 Å². The van der Waals surface area contributed by atoms with Crippen molar-refractivity contribution in [3.63, 3.8) is 0 Å². The molecular weight excluding hydrogens is 402 g/mol. The third-order valence-corrected chi connectivity index (χ3v) is 5.47. The zero-order valence-electron chi connectivity index (χ0n) is 17.7. The first-order valence-electron chi connectivity index (χ1n) is 10.1. The van der Waals surface area contributed by atoms with Gasteiger partial charge < -0.3 is 20.7 Å². The molecule has 1 heterocycles. The summed E-state index contributed by atoms with van der Waals surface area (Å²) in [7, 11) is 0. The highest BCUT2D eigenvalue weighted by Gasteiger charge is 2.28. The van der Waals surface area contributed by atoms with Gasteiger partial charge in [0.25, 0.3) is 11.8 Å². The molecule has 30 heavy (non-hydrogen) atoms. The third kappa shape index (κ3) is 5.66. The molecule has 2 amide bonds. The van der Waals surface area contributed by atoms with Crippen LogP contribution < -0.4 is 15.8 Å². The van der Waals surface area contributed by atoms with Crippen LogP contribution in [-0.4, -0.2) is 35.4 Å². The zero-order chi connectivity index (χ0) is 21.0. The van der Waals surface area contributed by atoms with E-state index in [0.717, 1.165) is 24.8 Å². The standard InChI is InChI=1S/C23H29N3O3.ClH/c1-15-7-10-19(24)13-21(15)25-23(28)18-8-11-20(12-9-18)29-14-22(27)26-16(2)5-4-6-17(26)3;/h7-13,16-17H,4-6,14,24H2,1-3H3,(H,25,28);1H. The van der Waals surface area contributed by atoms with Crippen LogP contribution in [0.5, 0.6) is 5.75 Å². The Morgan fingerprint density at radius 2 is 1.73 bits per heavy atom. The lowest BCUT2D eigenvalue weighted by atomic mass is 9.97. The molecule has 3 rings (SSSR count). The third-order valence-electron chi connectivity index (χ3n) is 5.47. The van der Waals surface area contributed by atoms with Crippen molar-refractivity contribution >= 4 is 35.6 Å². The Bertz CT molecular complexity index is 876. The number of anilines is 2. The van der Waals surface area contributed by atoms with Gasteiger partial charge in [0.2, 0.25) is 0 Å². The van der Waals surface area contributed by atoms with Crippen molar-refractivity contribution in [1.29, 1.82) is 0 Å². The monoisotopic (exact) mass is 431 g/mol. The summed E-state index contributed by atoms with van der Waals surface area (Å²) in [4.78, 5) is 27.0. The Balaban J connectivity index is 0.00000320. The molecule has 2 atom stereocenters. The number of hydrogen-bond acceptors (Lipinski definition) is 4. The second-order valence-corrected chi connectivity index (χ2v) is 7.77. The zero-order valence-corrected chi connectivity index (χ0v) is 18.5. The molecule has 7 heteroatoms. The van der Waals surface area contributed by atoms with Crippen LogP contribution >= 0.6 is 12.4 Å². The van der Waals surface area contributed by atoms with Crippen LogP contribution in [-0.2, 0) is 4.79 Å². The Morgan fingerprint density at radius 1 is 1.10 bits per heavy atom. The summed E-state index contributed by atoms with van der Waals surface area (Å²) in [5.41, 5.74) is 8.51. The van der Waals surface area contributed by atoms with Crippen LogP contribution in [0.3, 0.4) is 0 Å². The predicted octanol–water partition coefficient (Wildman–Crippen LogP) is 4.42. The number of carbonyl (C=O) groups excluding carboxylic acids is 2. The quantitative estimate of drug-likeness (QED) is 0.686. The first-order chi connectivity index (χ1) is 13.8. The minimum atomic E-state index is -0.225. The molecule has 0 bridgehead atoms. The summed E-state index contributed by atoms with van der Waals surface area (Å²) in [6.45, 7) is 6.09. The number of halogens is 1. The summed E-state index contributed by atoms with van der Waals surface area (Å²) >= 11 is 0. The summed E-state index contributed by atoms with van der Waals surface area (Å²) < 4.78 is 5.67. The van der Waals surface area contributed by atoms with E-state index < -0.39 is 0 Å². The van der Waals surface area contributed by atoms with E-state index in [2.05, 4.69) is 19.2 Å². The molecule has 0 saturated carbocycles. The van der Waals surface area contributed by atoms with Crippen molar-refractivity contribution in [2.45, 2.75) is 52.1 Å². The normalized spacial score (nSPS) is 18.3. The van der Waals surface area contributed by atoms with Crippen molar-refractivity contribution in [2.24, 2.45) is 0 Å². The van der Waals surface area contributed by atoms with Gasteiger partial charge in [-0.15, -0.1) is 12.4 Å². The summed E-state index contributed by atoms with van der Waals surface area (Å²) in [5.74, 6) is 0.341. The van der Waals surface area contributed by atoms with Gasteiger partial charge in [0.1, 0.15) is 5.75 Å². The van der Waals surface area contributed by atoms with Gasteiger partial charge in [0, 0.05) is 29.0 Å². The fourth-order valence-electron chi connectivity index (χ4n) is 3.80. The number of rotatable bonds is 5. The number of nitrogen functional groups attached to an aromatic ring is 1. The molecule has 0 radical (unpaired) electrons. The highest BCUT2D eigenvalue weighted by Crippen LogP contribution is 2.23. The van der Waals surface area contributed by atoms with Crippen molar-refractivity contribution < 1.29 is 14.3 Å². The summed E-state index contributed by atoms with van der Waals surface area (Å²) in [5, 5.41) is 2.87. The Hall–Kier alpha value is -2.73. The molecule has 0 aliphatic carbocycles. The van der Waals surface area contributed by atoms with Crippen LogP contribution in [0, 0.1) is 6.92 Å². The molecule has 162 valence electrons. The number of piperidine rings is 1. The van der Waals surface area contributed by atoms with Gasteiger partial charge in [0.05, 0.1) is 0 Å². The van der Waals surface area contributed by atoms with Gasteiger partial charge in [-0.2, -0.15) is 0 Å². The molecule has 2 aromatic rings. The maximum Gasteiger partial charge on any atom is 0.260 e. The predicted molar refractivity (Wildman–Crippen MR) is 122 cm³/mol. The lowest BCUT2D eigenvalue weighted by Crippen LogP contribution is -2.49. The molecule has 0 spiro atoms. The second-order valence-electron chi connectivity index (χ2n) is 7.77. The number of nitrogens with one attached hydrogen (secondary N) is 1. The number of hydrogen-bond donors (Lipinski definition) is 2. The van der Waals surface area contributed by atoms with Gasteiger partial charge in [-0.25, -0.2) is 0 Å². The molecule has 0 aromatic heterocycles. The van der Waals surface area contributed by atoms with E-state index >= 15 is 0 Å². The highest BCUT2D eigenvalue weighted by atomic mass is 35.5. The fraction of sp³-hybridized carbons (Fsp3) is 0.391. The average Bonchev–Trinajstić information content (AvgIpc) is 2.69. The van der Waals surface area contributed by atoms with Crippen molar-refractivity contribution in [3.05, 3.63) is 53.6 Å². The van der Waals surface area contributed by atoms with E-state index in [-0.39, 0.29) is 42.9 Å². The van der Waals surface area contributed by atoms with E-state index in [1.807, 2.05) is 17.9 Å². The number of nitrogens with zero attached hydrogens (tertiary/aromatic N) is 1. The van der Waals surface area contributed by atoms with Crippen LogP contribution in [0.25, 0.3) is 0 Å². The van der Waals surface area contributed by atoms with Crippen LogP contribution in [0.2, 0.25) is 0 Å².